The lowest BCUT2D eigenvalue weighted by Crippen LogP contribution is -2.32. The Morgan fingerprint density at radius 1 is 1.45 bits per heavy atom. The lowest BCUT2D eigenvalue weighted by atomic mass is 10.2. The molecular formula is C16H24ClNO2. The zero-order valence-corrected chi connectivity index (χ0v) is 12.8. The molecule has 20 heavy (non-hydrogen) atoms. The van der Waals surface area contributed by atoms with Gasteiger partial charge in [0, 0.05) is 17.6 Å². The van der Waals surface area contributed by atoms with Crippen molar-refractivity contribution in [1.29, 1.82) is 0 Å². The molecule has 0 saturated heterocycles. The maximum atomic E-state index is 9.87. The summed E-state index contributed by atoms with van der Waals surface area (Å²) in [6, 6.07) is 8.22. The fourth-order valence-corrected chi connectivity index (χ4v) is 2.64. The molecule has 1 aromatic rings. The summed E-state index contributed by atoms with van der Waals surface area (Å²) in [6.07, 6.45) is 3.32. The maximum Gasteiger partial charge on any atom is 0.0897 e. The topological polar surface area (TPSA) is 41.5 Å². The van der Waals surface area contributed by atoms with Crippen LogP contribution < -0.4 is 5.32 Å². The normalized spacial score (nSPS) is 22.8. The standard InChI is InChI=1S/C16H24ClNO2/c1-2-5-12-8-16(12)18-9-14(19)11-20-10-13-6-3-4-7-15(13)17/h3-4,6-7,12,14,16,18-19H,2,5,8-11H2,1H3. The van der Waals surface area contributed by atoms with E-state index in [4.69, 9.17) is 16.3 Å². The Hall–Kier alpha value is -0.610. The van der Waals surface area contributed by atoms with Crippen LogP contribution in [0.2, 0.25) is 5.02 Å². The lowest BCUT2D eigenvalue weighted by Gasteiger charge is -2.13. The third-order valence-corrected chi connectivity index (χ3v) is 4.09. The molecule has 1 fully saturated rings. The fraction of sp³-hybridized carbons (Fsp3) is 0.625. The van der Waals surface area contributed by atoms with Gasteiger partial charge in [-0.3, -0.25) is 0 Å². The second-order valence-electron chi connectivity index (χ2n) is 5.56. The lowest BCUT2D eigenvalue weighted by molar-refractivity contribution is 0.0286. The van der Waals surface area contributed by atoms with Crippen molar-refractivity contribution in [3.8, 4) is 0 Å². The number of benzene rings is 1. The van der Waals surface area contributed by atoms with Crippen LogP contribution in [0.5, 0.6) is 0 Å². The van der Waals surface area contributed by atoms with Crippen LogP contribution >= 0.6 is 11.6 Å². The highest BCUT2D eigenvalue weighted by Gasteiger charge is 2.35. The summed E-state index contributed by atoms with van der Waals surface area (Å²) in [4.78, 5) is 0. The van der Waals surface area contributed by atoms with Crippen molar-refractivity contribution >= 4 is 11.6 Å². The van der Waals surface area contributed by atoms with Crippen molar-refractivity contribution in [2.75, 3.05) is 13.2 Å². The molecule has 3 atom stereocenters. The van der Waals surface area contributed by atoms with E-state index in [9.17, 15) is 5.11 Å². The van der Waals surface area contributed by atoms with Crippen molar-refractivity contribution in [2.45, 2.75) is 44.9 Å². The van der Waals surface area contributed by atoms with Gasteiger partial charge in [-0.05, 0) is 30.4 Å². The molecule has 1 aliphatic carbocycles. The average Bonchev–Trinajstić information content (AvgIpc) is 3.17. The molecule has 0 amide bonds. The van der Waals surface area contributed by atoms with Gasteiger partial charge in [-0.15, -0.1) is 0 Å². The van der Waals surface area contributed by atoms with E-state index < -0.39 is 6.10 Å². The average molecular weight is 298 g/mol. The molecule has 3 unspecified atom stereocenters. The zero-order chi connectivity index (χ0) is 14.4. The van der Waals surface area contributed by atoms with E-state index in [0.29, 0.717) is 30.8 Å². The van der Waals surface area contributed by atoms with Gasteiger partial charge in [-0.25, -0.2) is 0 Å². The molecule has 1 saturated carbocycles. The Morgan fingerprint density at radius 3 is 3.00 bits per heavy atom. The van der Waals surface area contributed by atoms with E-state index in [-0.39, 0.29) is 0 Å². The number of aliphatic hydroxyl groups is 1. The van der Waals surface area contributed by atoms with Crippen LogP contribution in [-0.4, -0.2) is 30.4 Å². The van der Waals surface area contributed by atoms with E-state index in [0.717, 1.165) is 11.5 Å². The van der Waals surface area contributed by atoms with E-state index in [1.807, 2.05) is 24.3 Å². The van der Waals surface area contributed by atoms with E-state index in [1.54, 1.807) is 0 Å². The van der Waals surface area contributed by atoms with Crippen molar-refractivity contribution in [3.63, 3.8) is 0 Å². The molecule has 1 aromatic carbocycles. The van der Waals surface area contributed by atoms with Crippen LogP contribution in [0.25, 0.3) is 0 Å². The third-order valence-electron chi connectivity index (χ3n) is 3.72. The predicted molar refractivity (Wildman–Crippen MR) is 81.9 cm³/mol. The number of halogens is 1. The first-order chi connectivity index (χ1) is 9.70. The number of hydrogen-bond acceptors (Lipinski definition) is 3. The van der Waals surface area contributed by atoms with Crippen LogP contribution in [-0.2, 0) is 11.3 Å². The van der Waals surface area contributed by atoms with Gasteiger partial charge < -0.3 is 15.2 Å². The maximum absolute atomic E-state index is 9.87. The van der Waals surface area contributed by atoms with Crippen molar-refractivity contribution in [2.24, 2.45) is 5.92 Å². The number of hydrogen-bond donors (Lipinski definition) is 2. The minimum Gasteiger partial charge on any atom is -0.389 e. The number of nitrogens with one attached hydrogen (secondary N) is 1. The SMILES string of the molecule is CCCC1CC1NCC(O)COCc1ccccc1Cl. The fourth-order valence-electron chi connectivity index (χ4n) is 2.45. The van der Waals surface area contributed by atoms with Crippen molar-refractivity contribution in [3.05, 3.63) is 34.9 Å². The Morgan fingerprint density at radius 2 is 2.25 bits per heavy atom. The van der Waals surface area contributed by atoms with Gasteiger partial charge >= 0.3 is 0 Å². The Bertz CT molecular complexity index is 413. The largest absolute Gasteiger partial charge is 0.389 e. The monoisotopic (exact) mass is 297 g/mol. The first kappa shape index (κ1) is 15.8. The first-order valence-electron chi connectivity index (χ1n) is 7.43. The molecule has 0 spiro atoms. The molecule has 2 rings (SSSR count). The van der Waals surface area contributed by atoms with Gasteiger partial charge in [-0.2, -0.15) is 0 Å². The predicted octanol–water partition coefficient (Wildman–Crippen LogP) is 3.00. The van der Waals surface area contributed by atoms with Gasteiger partial charge in [0.15, 0.2) is 0 Å². The molecule has 0 radical (unpaired) electrons. The van der Waals surface area contributed by atoms with Crippen LogP contribution in [0.4, 0.5) is 0 Å². The number of aliphatic hydroxyl groups excluding tert-OH is 1. The zero-order valence-electron chi connectivity index (χ0n) is 12.0. The Labute approximate surface area is 126 Å². The second-order valence-corrected chi connectivity index (χ2v) is 5.97. The Kier molecular flexibility index (Phi) is 6.30. The molecule has 0 aromatic heterocycles. The van der Waals surface area contributed by atoms with Gasteiger partial charge in [-0.1, -0.05) is 43.1 Å². The van der Waals surface area contributed by atoms with Crippen LogP contribution in [0.1, 0.15) is 31.7 Å². The van der Waals surface area contributed by atoms with Crippen molar-refractivity contribution in [1.82, 2.24) is 5.32 Å². The summed E-state index contributed by atoms with van der Waals surface area (Å²) in [5.74, 6) is 0.816. The molecule has 3 nitrogen and oxygen atoms in total. The molecule has 0 aliphatic heterocycles. The first-order valence-corrected chi connectivity index (χ1v) is 7.81. The Balaban J connectivity index is 1.57. The summed E-state index contributed by atoms with van der Waals surface area (Å²) in [5.41, 5.74) is 0.958. The smallest absolute Gasteiger partial charge is 0.0897 e. The summed E-state index contributed by atoms with van der Waals surface area (Å²) in [7, 11) is 0. The van der Waals surface area contributed by atoms with Crippen LogP contribution in [0, 0.1) is 5.92 Å². The minimum absolute atomic E-state index is 0.337. The molecule has 1 aliphatic rings. The summed E-state index contributed by atoms with van der Waals surface area (Å²) >= 11 is 6.04. The molecular weight excluding hydrogens is 274 g/mol. The molecule has 0 bridgehead atoms. The summed E-state index contributed by atoms with van der Waals surface area (Å²) in [6.45, 7) is 3.60. The van der Waals surface area contributed by atoms with Gasteiger partial charge in [0.25, 0.3) is 0 Å². The quantitative estimate of drug-likeness (QED) is 0.736. The highest BCUT2D eigenvalue weighted by molar-refractivity contribution is 6.31. The molecule has 4 heteroatoms. The summed E-state index contributed by atoms with van der Waals surface area (Å²) in [5, 5.41) is 14.0. The number of ether oxygens (including phenoxy) is 1. The second kappa shape index (κ2) is 7.99. The van der Waals surface area contributed by atoms with Gasteiger partial charge in [0.1, 0.15) is 0 Å². The van der Waals surface area contributed by atoms with Crippen molar-refractivity contribution < 1.29 is 9.84 Å². The molecule has 112 valence electrons. The summed E-state index contributed by atoms with van der Waals surface area (Å²) < 4.78 is 5.51. The van der Waals surface area contributed by atoms with Crippen LogP contribution in [0.15, 0.2) is 24.3 Å². The molecule has 2 N–H and O–H groups in total. The van der Waals surface area contributed by atoms with Gasteiger partial charge in [0.05, 0.1) is 19.3 Å². The van der Waals surface area contributed by atoms with E-state index in [2.05, 4.69) is 12.2 Å². The van der Waals surface area contributed by atoms with E-state index in [1.165, 1.54) is 19.3 Å². The van der Waals surface area contributed by atoms with E-state index >= 15 is 0 Å². The third kappa shape index (κ3) is 5.06. The van der Waals surface area contributed by atoms with Gasteiger partial charge in [0.2, 0.25) is 0 Å². The molecule has 0 heterocycles. The highest BCUT2D eigenvalue weighted by atomic mass is 35.5. The number of rotatable bonds is 9. The van der Waals surface area contributed by atoms with Crippen LogP contribution in [0.3, 0.4) is 0 Å². The minimum atomic E-state index is -0.458. The highest BCUT2D eigenvalue weighted by Crippen LogP contribution is 2.34.